The van der Waals surface area contributed by atoms with Crippen molar-refractivity contribution in [1.82, 2.24) is 9.55 Å². The number of esters is 1. The van der Waals surface area contributed by atoms with Gasteiger partial charge in [-0.2, -0.15) is 0 Å². The third kappa shape index (κ3) is 3.06. The van der Waals surface area contributed by atoms with Crippen LogP contribution in [0.1, 0.15) is 26.2 Å². The monoisotopic (exact) mass is 225 g/mol. The molecule has 5 nitrogen and oxygen atoms in total. The Morgan fingerprint density at radius 2 is 2.38 bits per heavy atom. The van der Waals surface area contributed by atoms with Gasteiger partial charge in [-0.25, -0.2) is 4.98 Å². The molecule has 1 aromatic rings. The number of aryl methyl sites for hydroxylation is 1. The van der Waals surface area contributed by atoms with E-state index in [1.165, 1.54) is 7.11 Å². The van der Waals surface area contributed by atoms with Gasteiger partial charge in [0.2, 0.25) is 0 Å². The number of hydrogen-bond donors (Lipinski definition) is 1. The van der Waals surface area contributed by atoms with E-state index in [0.717, 1.165) is 13.0 Å². The van der Waals surface area contributed by atoms with E-state index in [-0.39, 0.29) is 5.97 Å². The number of imidazole rings is 1. The minimum Gasteiger partial charge on any atom is -0.468 e. The summed E-state index contributed by atoms with van der Waals surface area (Å²) in [7, 11) is 1.37. The highest BCUT2D eigenvalue weighted by molar-refractivity contribution is 5.80. The minimum absolute atomic E-state index is 0.333. The maximum Gasteiger partial charge on any atom is 0.325 e. The predicted molar refractivity (Wildman–Crippen MR) is 60.7 cm³/mol. The summed E-state index contributed by atoms with van der Waals surface area (Å²) in [6.45, 7) is 2.71. The van der Waals surface area contributed by atoms with Crippen molar-refractivity contribution < 1.29 is 9.53 Å². The molecule has 1 heterocycles. The molecule has 2 N–H and O–H groups in total. The molecule has 0 aromatic carbocycles. The second-order valence-corrected chi connectivity index (χ2v) is 3.91. The SMILES string of the molecule is CCC(N)(CCCn1ccnc1)C(=O)OC. The normalized spacial score (nSPS) is 14.4. The molecule has 0 fully saturated rings. The van der Waals surface area contributed by atoms with Crippen molar-refractivity contribution in [2.75, 3.05) is 7.11 Å². The molecule has 16 heavy (non-hydrogen) atoms. The van der Waals surface area contributed by atoms with E-state index in [1.807, 2.05) is 17.7 Å². The van der Waals surface area contributed by atoms with Crippen LogP contribution in [0.5, 0.6) is 0 Å². The summed E-state index contributed by atoms with van der Waals surface area (Å²) in [6, 6.07) is 0. The quantitative estimate of drug-likeness (QED) is 0.731. The van der Waals surface area contributed by atoms with Crippen molar-refractivity contribution in [3.8, 4) is 0 Å². The largest absolute Gasteiger partial charge is 0.468 e. The smallest absolute Gasteiger partial charge is 0.325 e. The Bertz CT molecular complexity index is 324. The van der Waals surface area contributed by atoms with Gasteiger partial charge in [0.25, 0.3) is 0 Å². The molecule has 0 radical (unpaired) electrons. The molecular formula is C11H19N3O2. The van der Waals surface area contributed by atoms with Crippen molar-refractivity contribution >= 4 is 5.97 Å². The highest BCUT2D eigenvalue weighted by atomic mass is 16.5. The van der Waals surface area contributed by atoms with Gasteiger partial charge in [0.15, 0.2) is 0 Å². The number of nitrogens with zero attached hydrogens (tertiary/aromatic N) is 2. The molecule has 1 aromatic heterocycles. The standard InChI is InChI=1S/C11H19N3O2/c1-3-11(12,10(15)16-2)5-4-7-14-8-6-13-9-14/h6,8-9H,3-5,7,12H2,1-2H3. The number of methoxy groups -OCH3 is 1. The first kappa shape index (κ1) is 12.7. The summed E-state index contributed by atoms with van der Waals surface area (Å²) in [4.78, 5) is 15.4. The fourth-order valence-electron chi connectivity index (χ4n) is 1.62. The van der Waals surface area contributed by atoms with Crippen LogP contribution in [0.4, 0.5) is 0 Å². The predicted octanol–water partition coefficient (Wildman–Crippen LogP) is 0.944. The fourth-order valence-corrected chi connectivity index (χ4v) is 1.62. The Balaban J connectivity index is 2.42. The summed E-state index contributed by atoms with van der Waals surface area (Å²) in [5, 5.41) is 0. The maximum absolute atomic E-state index is 11.5. The van der Waals surface area contributed by atoms with Gasteiger partial charge in [-0.1, -0.05) is 6.92 Å². The van der Waals surface area contributed by atoms with Crippen LogP contribution in [-0.4, -0.2) is 28.2 Å². The number of ether oxygens (including phenoxy) is 1. The third-order valence-corrected chi connectivity index (χ3v) is 2.82. The second kappa shape index (κ2) is 5.65. The number of carbonyl (C=O) groups excluding carboxylic acids is 1. The summed E-state index contributed by atoms with van der Waals surface area (Å²) in [5.41, 5.74) is 5.14. The topological polar surface area (TPSA) is 70.1 Å². The van der Waals surface area contributed by atoms with Crippen LogP contribution < -0.4 is 5.73 Å². The zero-order chi connectivity index (χ0) is 12.0. The zero-order valence-corrected chi connectivity index (χ0v) is 9.85. The Labute approximate surface area is 95.6 Å². The Kier molecular flexibility index (Phi) is 4.49. The van der Waals surface area contributed by atoms with E-state index >= 15 is 0 Å². The lowest BCUT2D eigenvalue weighted by molar-refractivity contribution is -0.147. The molecule has 0 bridgehead atoms. The first-order valence-electron chi connectivity index (χ1n) is 5.45. The summed E-state index contributed by atoms with van der Waals surface area (Å²) in [6.07, 6.45) is 7.41. The van der Waals surface area contributed by atoms with E-state index in [1.54, 1.807) is 12.5 Å². The van der Waals surface area contributed by atoms with Crippen LogP contribution >= 0.6 is 0 Å². The van der Waals surface area contributed by atoms with Crippen molar-refractivity contribution in [2.24, 2.45) is 5.73 Å². The molecule has 1 atom stereocenters. The van der Waals surface area contributed by atoms with E-state index in [9.17, 15) is 4.79 Å². The molecule has 90 valence electrons. The molecule has 0 spiro atoms. The van der Waals surface area contributed by atoms with Crippen molar-refractivity contribution in [3.63, 3.8) is 0 Å². The van der Waals surface area contributed by atoms with Gasteiger partial charge in [-0.15, -0.1) is 0 Å². The van der Waals surface area contributed by atoms with Crippen LogP contribution in [0.15, 0.2) is 18.7 Å². The Morgan fingerprint density at radius 1 is 1.62 bits per heavy atom. The number of aromatic nitrogens is 2. The molecule has 0 amide bonds. The highest BCUT2D eigenvalue weighted by Gasteiger charge is 2.32. The van der Waals surface area contributed by atoms with Crippen molar-refractivity contribution in [2.45, 2.75) is 38.3 Å². The van der Waals surface area contributed by atoms with E-state index in [2.05, 4.69) is 4.98 Å². The molecular weight excluding hydrogens is 206 g/mol. The molecule has 5 heteroatoms. The molecule has 0 saturated heterocycles. The van der Waals surface area contributed by atoms with Gasteiger partial charge in [0, 0.05) is 18.9 Å². The maximum atomic E-state index is 11.5. The highest BCUT2D eigenvalue weighted by Crippen LogP contribution is 2.16. The average molecular weight is 225 g/mol. The summed E-state index contributed by atoms with van der Waals surface area (Å²) >= 11 is 0. The third-order valence-electron chi connectivity index (χ3n) is 2.82. The number of hydrogen-bond acceptors (Lipinski definition) is 4. The lowest BCUT2D eigenvalue weighted by Crippen LogP contribution is -2.48. The molecule has 0 aliphatic rings. The van der Waals surface area contributed by atoms with Crippen LogP contribution in [0.3, 0.4) is 0 Å². The first-order chi connectivity index (χ1) is 7.62. The average Bonchev–Trinajstić information content (AvgIpc) is 2.80. The second-order valence-electron chi connectivity index (χ2n) is 3.91. The van der Waals surface area contributed by atoms with Crippen LogP contribution in [0.25, 0.3) is 0 Å². The lowest BCUT2D eigenvalue weighted by Gasteiger charge is -2.24. The molecule has 0 aliphatic carbocycles. The molecule has 1 unspecified atom stereocenters. The van der Waals surface area contributed by atoms with Crippen LogP contribution in [0, 0.1) is 0 Å². The van der Waals surface area contributed by atoms with Crippen LogP contribution in [-0.2, 0) is 16.1 Å². The van der Waals surface area contributed by atoms with E-state index in [0.29, 0.717) is 12.8 Å². The first-order valence-corrected chi connectivity index (χ1v) is 5.45. The number of rotatable bonds is 6. The van der Waals surface area contributed by atoms with Gasteiger partial charge in [0.05, 0.1) is 13.4 Å². The van der Waals surface area contributed by atoms with Gasteiger partial charge < -0.3 is 15.0 Å². The molecule has 1 rings (SSSR count). The van der Waals surface area contributed by atoms with E-state index in [4.69, 9.17) is 10.5 Å². The fraction of sp³-hybridized carbons (Fsp3) is 0.636. The molecule has 0 aliphatic heterocycles. The molecule has 0 saturated carbocycles. The van der Waals surface area contributed by atoms with Crippen molar-refractivity contribution in [1.29, 1.82) is 0 Å². The van der Waals surface area contributed by atoms with Gasteiger partial charge in [-0.3, -0.25) is 4.79 Å². The lowest BCUT2D eigenvalue weighted by atomic mass is 9.92. The van der Waals surface area contributed by atoms with Crippen molar-refractivity contribution in [3.05, 3.63) is 18.7 Å². The number of nitrogens with two attached hydrogens (primary N) is 1. The van der Waals surface area contributed by atoms with Gasteiger partial charge in [-0.05, 0) is 19.3 Å². The zero-order valence-electron chi connectivity index (χ0n) is 9.85. The van der Waals surface area contributed by atoms with Crippen LogP contribution in [0.2, 0.25) is 0 Å². The summed E-state index contributed by atoms with van der Waals surface area (Å²) < 4.78 is 6.68. The number of carbonyl (C=O) groups is 1. The van der Waals surface area contributed by atoms with Gasteiger partial charge in [0.1, 0.15) is 5.54 Å². The van der Waals surface area contributed by atoms with Gasteiger partial charge >= 0.3 is 5.97 Å². The Hall–Kier alpha value is -1.36. The van der Waals surface area contributed by atoms with E-state index < -0.39 is 5.54 Å². The Morgan fingerprint density at radius 3 is 2.88 bits per heavy atom. The minimum atomic E-state index is -0.852. The summed E-state index contributed by atoms with van der Waals surface area (Å²) in [5.74, 6) is -0.333.